The molecular formula is C19H17F3N2O2. The van der Waals surface area contributed by atoms with E-state index >= 15 is 0 Å². The van der Waals surface area contributed by atoms with Crippen molar-refractivity contribution in [1.82, 2.24) is 4.90 Å². The highest BCUT2D eigenvalue weighted by atomic mass is 19.4. The molecule has 0 aromatic heterocycles. The minimum Gasteiger partial charge on any atom is -0.445 e. The van der Waals surface area contributed by atoms with Crippen molar-refractivity contribution in [1.29, 1.82) is 5.26 Å². The standard InChI is InChI=1S/C19H17F3N2O2/c1-14(11-23)24(18(25)26-13-15-6-3-2-4-7-15)12-16-8-5-9-17(10-16)19(20,21)22/h2-10,14H,12-13H2,1H3. The Bertz CT molecular complexity index is 785. The Morgan fingerprint density at radius 2 is 1.81 bits per heavy atom. The summed E-state index contributed by atoms with van der Waals surface area (Å²) in [5.74, 6) is 0. The molecular weight excluding hydrogens is 345 g/mol. The molecule has 7 heteroatoms. The number of nitrogens with zero attached hydrogens (tertiary/aromatic N) is 2. The molecule has 2 aromatic carbocycles. The maximum absolute atomic E-state index is 12.8. The molecule has 2 aromatic rings. The fraction of sp³-hybridized carbons (Fsp3) is 0.263. The number of nitriles is 1. The van der Waals surface area contributed by atoms with Gasteiger partial charge in [-0.3, -0.25) is 4.90 Å². The first-order valence-electron chi connectivity index (χ1n) is 7.84. The zero-order chi connectivity index (χ0) is 19.2. The smallest absolute Gasteiger partial charge is 0.416 e. The lowest BCUT2D eigenvalue weighted by molar-refractivity contribution is -0.137. The molecule has 0 spiro atoms. The third kappa shape index (κ3) is 5.24. The highest BCUT2D eigenvalue weighted by molar-refractivity contribution is 5.68. The van der Waals surface area contributed by atoms with Crippen molar-refractivity contribution in [2.75, 3.05) is 0 Å². The maximum atomic E-state index is 12.8. The molecule has 0 radical (unpaired) electrons. The van der Waals surface area contributed by atoms with E-state index < -0.39 is 23.9 Å². The summed E-state index contributed by atoms with van der Waals surface area (Å²) < 4.78 is 43.7. The van der Waals surface area contributed by atoms with Crippen molar-refractivity contribution < 1.29 is 22.7 Å². The summed E-state index contributed by atoms with van der Waals surface area (Å²) in [6.07, 6.45) is -5.24. The van der Waals surface area contributed by atoms with E-state index in [9.17, 15) is 18.0 Å². The summed E-state index contributed by atoms with van der Waals surface area (Å²) >= 11 is 0. The van der Waals surface area contributed by atoms with Crippen LogP contribution in [0.25, 0.3) is 0 Å². The summed E-state index contributed by atoms with van der Waals surface area (Å²) in [7, 11) is 0. The average molecular weight is 362 g/mol. The lowest BCUT2D eigenvalue weighted by Crippen LogP contribution is -2.37. The van der Waals surface area contributed by atoms with Crippen LogP contribution in [0.5, 0.6) is 0 Å². The molecule has 2 rings (SSSR count). The van der Waals surface area contributed by atoms with Crippen LogP contribution in [0.15, 0.2) is 54.6 Å². The number of carbonyl (C=O) groups excluding carboxylic acids is 1. The van der Waals surface area contributed by atoms with Crippen LogP contribution < -0.4 is 0 Å². The van der Waals surface area contributed by atoms with E-state index in [0.717, 1.165) is 22.6 Å². The molecule has 1 atom stereocenters. The Hall–Kier alpha value is -3.01. The number of amides is 1. The first-order chi connectivity index (χ1) is 12.3. The Balaban J connectivity index is 2.12. The fourth-order valence-electron chi connectivity index (χ4n) is 2.27. The highest BCUT2D eigenvalue weighted by Crippen LogP contribution is 2.30. The van der Waals surface area contributed by atoms with Gasteiger partial charge in [-0.15, -0.1) is 0 Å². The van der Waals surface area contributed by atoms with Gasteiger partial charge in [-0.05, 0) is 30.2 Å². The molecule has 0 fully saturated rings. The van der Waals surface area contributed by atoms with Crippen LogP contribution in [0.3, 0.4) is 0 Å². The van der Waals surface area contributed by atoms with Crippen LogP contribution in [-0.4, -0.2) is 17.0 Å². The van der Waals surface area contributed by atoms with Crippen molar-refractivity contribution in [2.45, 2.75) is 32.3 Å². The first-order valence-corrected chi connectivity index (χ1v) is 7.84. The monoisotopic (exact) mass is 362 g/mol. The zero-order valence-corrected chi connectivity index (χ0v) is 14.0. The minimum absolute atomic E-state index is 0.0108. The average Bonchev–Trinajstić information content (AvgIpc) is 2.64. The highest BCUT2D eigenvalue weighted by Gasteiger charge is 2.31. The van der Waals surface area contributed by atoms with Gasteiger partial charge in [-0.2, -0.15) is 18.4 Å². The largest absolute Gasteiger partial charge is 0.445 e. The fourth-order valence-corrected chi connectivity index (χ4v) is 2.27. The molecule has 0 aliphatic heterocycles. The van der Waals surface area contributed by atoms with Crippen LogP contribution in [0, 0.1) is 11.3 Å². The second kappa shape index (κ2) is 8.39. The summed E-state index contributed by atoms with van der Waals surface area (Å²) in [6.45, 7) is 1.33. The Labute approximate surface area is 149 Å². The molecule has 0 aliphatic carbocycles. The SMILES string of the molecule is CC(C#N)N(Cc1cccc(C(F)(F)F)c1)C(=O)OCc1ccccc1. The van der Waals surface area contributed by atoms with Crippen LogP contribution >= 0.6 is 0 Å². The summed E-state index contributed by atoms with van der Waals surface area (Å²) in [5.41, 5.74) is 0.222. The predicted molar refractivity (Wildman–Crippen MR) is 88.7 cm³/mol. The Morgan fingerprint density at radius 1 is 1.15 bits per heavy atom. The zero-order valence-electron chi connectivity index (χ0n) is 14.0. The van der Waals surface area contributed by atoms with Gasteiger partial charge >= 0.3 is 12.3 Å². The van der Waals surface area contributed by atoms with E-state index in [1.54, 1.807) is 24.3 Å². The first kappa shape index (κ1) is 19.3. The van der Waals surface area contributed by atoms with Crippen molar-refractivity contribution in [3.8, 4) is 6.07 Å². The topological polar surface area (TPSA) is 53.3 Å². The molecule has 136 valence electrons. The Morgan fingerprint density at radius 3 is 2.42 bits per heavy atom. The number of benzene rings is 2. The number of hydrogen-bond acceptors (Lipinski definition) is 3. The molecule has 0 saturated carbocycles. The van der Waals surface area contributed by atoms with Gasteiger partial charge in [0.05, 0.1) is 18.2 Å². The molecule has 0 saturated heterocycles. The van der Waals surface area contributed by atoms with E-state index in [2.05, 4.69) is 0 Å². The number of hydrogen-bond donors (Lipinski definition) is 0. The summed E-state index contributed by atoms with van der Waals surface area (Å²) in [5, 5.41) is 9.12. The van der Waals surface area contributed by atoms with E-state index in [4.69, 9.17) is 10.00 Å². The van der Waals surface area contributed by atoms with Crippen LogP contribution in [0.4, 0.5) is 18.0 Å². The quantitative estimate of drug-likeness (QED) is 0.771. The molecule has 0 heterocycles. The van der Waals surface area contributed by atoms with E-state index in [1.165, 1.54) is 19.1 Å². The van der Waals surface area contributed by atoms with Gasteiger partial charge in [-0.1, -0.05) is 42.5 Å². The second-order valence-electron chi connectivity index (χ2n) is 5.67. The lowest BCUT2D eigenvalue weighted by Gasteiger charge is -2.24. The summed E-state index contributed by atoms with van der Waals surface area (Å²) in [6, 6.07) is 14.7. The van der Waals surface area contributed by atoms with E-state index in [0.29, 0.717) is 0 Å². The van der Waals surface area contributed by atoms with Crippen LogP contribution in [0.1, 0.15) is 23.6 Å². The van der Waals surface area contributed by atoms with Crippen LogP contribution in [-0.2, 0) is 24.1 Å². The number of alkyl halides is 3. The van der Waals surface area contributed by atoms with Crippen molar-refractivity contribution >= 4 is 6.09 Å². The Kier molecular flexibility index (Phi) is 6.23. The number of ether oxygens (including phenoxy) is 1. The molecule has 0 aliphatic rings. The number of rotatable bonds is 5. The maximum Gasteiger partial charge on any atom is 0.416 e. The number of carbonyl (C=O) groups is 1. The van der Waals surface area contributed by atoms with E-state index in [1.807, 2.05) is 12.1 Å². The van der Waals surface area contributed by atoms with Crippen LogP contribution in [0.2, 0.25) is 0 Å². The van der Waals surface area contributed by atoms with Gasteiger partial charge in [-0.25, -0.2) is 4.79 Å². The molecule has 26 heavy (non-hydrogen) atoms. The minimum atomic E-state index is -4.48. The van der Waals surface area contributed by atoms with Gasteiger partial charge in [0, 0.05) is 0 Å². The van der Waals surface area contributed by atoms with Gasteiger partial charge < -0.3 is 4.74 Å². The predicted octanol–water partition coefficient (Wildman–Crippen LogP) is 4.76. The van der Waals surface area contributed by atoms with Crippen molar-refractivity contribution in [3.05, 3.63) is 71.3 Å². The van der Waals surface area contributed by atoms with Gasteiger partial charge in [0.25, 0.3) is 0 Å². The lowest BCUT2D eigenvalue weighted by atomic mass is 10.1. The van der Waals surface area contributed by atoms with Crippen molar-refractivity contribution in [2.24, 2.45) is 0 Å². The normalized spacial score (nSPS) is 12.1. The van der Waals surface area contributed by atoms with Crippen molar-refractivity contribution in [3.63, 3.8) is 0 Å². The third-order valence-electron chi connectivity index (χ3n) is 3.70. The van der Waals surface area contributed by atoms with Gasteiger partial charge in [0.15, 0.2) is 0 Å². The third-order valence-corrected chi connectivity index (χ3v) is 3.70. The molecule has 1 amide bonds. The van der Waals surface area contributed by atoms with E-state index in [-0.39, 0.29) is 18.7 Å². The molecule has 0 N–H and O–H groups in total. The summed E-state index contributed by atoms with van der Waals surface area (Å²) in [4.78, 5) is 13.4. The van der Waals surface area contributed by atoms with Gasteiger partial charge in [0.2, 0.25) is 0 Å². The second-order valence-corrected chi connectivity index (χ2v) is 5.67. The molecule has 4 nitrogen and oxygen atoms in total. The van der Waals surface area contributed by atoms with Gasteiger partial charge in [0.1, 0.15) is 12.6 Å². The molecule has 0 bridgehead atoms. The number of halogens is 3. The molecule has 1 unspecified atom stereocenters.